The SMILES string of the molecule is Cc1cccc(C(=O)COCCc2ccccn2)c1. The molecule has 3 heteroatoms. The van der Waals surface area contributed by atoms with Gasteiger partial charge in [-0.1, -0.05) is 29.8 Å². The van der Waals surface area contributed by atoms with Crippen LogP contribution in [0.4, 0.5) is 0 Å². The molecule has 1 heterocycles. The molecule has 0 amide bonds. The molecule has 1 aromatic carbocycles. The fourth-order valence-corrected chi connectivity index (χ4v) is 1.79. The molecule has 98 valence electrons. The van der Waals surface area contributed by atoms with E-state index in [1.807, 2.05) is 49.4 Å². The van der Waals surface area contributed by atoms with Crippen LogP contribution in [0.2, 0.25) is 0 Å². The number of carbonyl (C=O) groups is 1. The van der Waals surface area contributed by atoms with Gasteiger partial charge in [0.15, 0.2) is 5.78 Å². The molecular weight excluding hydrogens is 238 g/mol. The Hall–Kier alpha value is -2.00. The first-order valence-corrected chi connectivity index (χ1v) is 6.33. The lowest BCUT2D eigenvalue weighted by Crippen LogP contribution is -2.11. The summed E-state index contributed by atoms with van der Waals surface area (Å²) in [6, 6.07) is 13.3. The van der Waals surface area contributed by atoms with E-state index >= 15 is 0 Å². The van der Waals surface area contributed by atoms with Crippen LogP contribution in [0.15, 0.2) is 48.7 Å². The van der Waals surface area contributed by atoms with E-state index in [0.29, 0.717) is 12.2 Å². The van der Waals surface area contributed by atoms with Crippen molar-refractivity contribution in [2.75, 3.05) is 13.2 Å². The van der Waals surface area contributed by atoms with Crippen molar-refractivity contribution in [3.8, 4) is 0 Å². The predicted molar refractivity (Wildman–Crippen MR) is 74.3 cm³/mol. The van der Waals surface area contributed by atoms with Crippen LogP contribution in [0.5, 0.6) is 0 Å². The van der Waals surface area contributed by atoms with Crippen molar-refractivity contribution in [1.82, 2.24) is 4.98 Å². The van der Waals surface area contributed by atoms with Gasteiger partial charge in [-0.15, -0.1) is 0 Å². The maximum atomic E-state index is 11.9. The van der Waals surface area contributed by atoms with Crippen LogP contribution >= 0.6 is 0 Å². The van der Waals surface area contributed by atoms with Crippen LogP contribution < -0.4 is 0 Å². The van der Waals surface area contributed by atoms with E-state index in [9.17, 15) is 4.79 Å². The lowest BCUT2D eigenvalue weighted by molar-refractivity contribution is 0.0764. The Morgan fingerprint density at radius 3 is 2.84 bits per heavy atom. The minimum atomic E-state index is 0.0183. The van der Waals surface area contributed by atoms with Crippen LogP contribution in [0.1, 0.15) is 21.6 Å². The Kier molecular flexibility index (Phi) is 4.81. The quantitative estimate of drug-likeness (QED) is 0.588. The van der Waals surface area contributed by atoms with Gasteiger partial charge in [-0.2, -0.15) is 0 Å². The van der Waals surface area contributed by atoms with Crippen molar-refractivity contribution < 1.29 is 9.53 Å². The first-order chi connectivity index (χ1) is 9.25. The largest absolute Gasteiger partial charge is 0.373 e. The second-order valence-corrected chi connectivity index (χ2v) is 4.42. The summed E-state index contributed by atoms with van der Waals surface area (Å²) in [5.41, 5.74) is 2.77. The van der Waals surface area contributed by atoms with Crippen molar-refractivity contribution in [3.05, 3.63) is 65.5 Å². The van der Waals surface area contributed by atoms with Gasteiger partial charge in [0, 0.05) is 23.9 Å². The average molecular weight is 255 g/mol. The molecule has 0 N–H and O–H groups in total. The van der Waals surface area contributed by atoms with Crippen LogP contribution in [0.3, 0.4) is 0 Å². The number of carbonyl (C=O) groups excluding carboxylic acids is 1. The minimum Gasteiger partial charge on any atom is -0.373 e. The van der Waals surface area contributed by atoms with Crippen LogP contribution in [0.25, 0.3) is 0 Å². The van der Waals surface area contributed by atoms with Crippen molar-refractivity contribution in [2.45, 2.75) is 13.3 Å². The highest BCUT2D eigenvalue weighted by Gasteiger charge is 2.05. The van der Waals surface area contributed by atoms with Gasteiger partial charge in [-0.05, 0) is 25.1 Å². The summed E-state index contributed by atoms with van der Waals surface area (Å²) in [4.78, 5) is 16.1. The molecule has 3 nitrogen and oxygen atoms in total. The minimum absolute atomic E-state index is 0.0183. The number of hydrogen-bond acceptors (Lipinski definition) is 3. The number of aryl methyl sites for hydroxylation is 1. The molecule has 0 aliphatic heterocycles. The Morgan fingerprint density at radius 1 is 1.21 bits per heavy atom. The molecule has 0 atom stereocenters. The van der Waals surface area contributed by atoms with Crippen LogP contribution in [-0.4, -0.2) is 24.0 Å². The van der Waals surface area contributed by atoms with E-state index in [0.717, 1.165) is 17.7 Å². The van der Waals surface area contributed by atoms with E-state index in [2.05, 4.69) is 4.98 Å². The van der Waals surface area contributed by atoms with Crippen molar-refractivity contribution in [1.29, 1.82) is 0 Å². The highest BCUT2D eigenvalue weighted by atomic mass is 16.5. The Bertz CT molecular complexity index is 537. The molecule has 0 saturated heterocycles. The molecule has 2 aromatic rings. The van der Waals surface area contributed by atoms with E-state index in [1.54, 1.807) is 6.20 Å². The Balaban J connectivity index is 1.75. The van der Waals surface area contributed by atoms with Gasteiger partial charge in [0.25, 0.3) is 0 Å². The fraction of sp³-hybridized carbons (Fsp3) is 0.250. The van der Waals surface area contributed by atoms with Gasteiger partial charge in [0.1, 0.15) is 6.61 Å². The molecule has 1 aromatic heterocycles. The van der Waals surface area contributed by atoms with Gasteiger partial charge in [0.2, 0.25) is 0 Å². The summed E-state index contributed by atoms with van der Waals surface area (Å²) in [6.45, 7) is 2.60. The average Bonchev–Trinajstić information content (AvgIpc) is 2.44. The first kappa shape index (κ1) is 13.4. The zero-order valence-electron chi connectivity index (χ0n) is 11.0. The van der Waals surface area contributed by atoms with Crippen molar-refractivity contribution in [3.63, 3.8) is 0 Å². The summed E-state index contributed by atoms with van der Waals surface area (Å²) < 4.78 is 5.40. The lowest BCUT2D eigenvalue weighted by Gasteiger charge is -2.04. The monoisotopic (exact) mass is 255 g/mol. The molecule has 0 radical (unpaired) electrons. The van der Waals surface area contributed by atoms with E-state index in [-0.39, 0.29) is 12.4 Å². The second-order valence-electron chi connectivity index (χ2n) is 4.42. The molecule has 0 saturated carbocycles. The maximum Gasteiger partial charge on any atom is 0.188 e. The first-order valence-electron chi connectivity index (χ1n) is 6.33. The number of ketones is 1. The summed E-state index contributed by atoms with van der Waals surface area (Å²) in [6.07, 6.45) is 2.48. The highest BCUT2D eigenvalue weighted by molar-refractivity contribution is 5.97. The maximum absolute atomic E-state index is 11.9. The summed E-state index contributed by atoms with van der Waals surface area (Å²) in [5.74, 6) is 0.0183. The topological polar surface area (TPSA) is 39.2 Å². The number of nitrogens with zero attached hydrogens (tertiary/aromatic N) is 1. The third-order valence-corrected chi connectivity index (χ3v) is 2.80. The Labute approximate surface area is 113 Å². The van der Waals surface area contributed by atoms with Gasteiger partial charge in [-0.3, -0.25) is 9.78 Å². The molecule has 0 spiro atoms. The van der Waals surface area contributed by atoms with Crippen molar-refractivity contribution in [2.24, 2.45) is 0 Å². The number of pyridine rings is 1. The number of aromatic nitrogens is 1. The molecule has 0 aliphatic carbocycles. The van der Waals surface area contributed by atoms with Crippen LogP contribution in [0, 0.1) is 6.92 Å². The summed E-state index contributed by atoms with van der Waals surface area (Å²) in [7, 11) is 0. The van der Waals surface area contributed by atoms with Crippen LogP contribution in [-0.2, 0) is 11.2 Å². The van der Waals surface area contributed by atoms with E-state index in [4.69, 9.17) is 4.74 Å². The zero-order chi connectivity index (χ0) is 13.5. The predicted octanol–water partition coefficient (Wildman–Crippen LogP) is 2.83. The van der Waals surface area contributed by atoms with E-state index < -0.39 is 0 Å². The lowest BCUT2D eigenvalue weighted by atomic mass is 10.1. The van der Waals surface area contributed by atoms with Gasteiger partial charge in [0.05, 0.1) is 6.61 Å². The standard InChI is InChI=1S/C16H17NO2/c1-13-5-4-6-14(11-13)16(18)12-19-10-8-15-7-2-3-9-17-15/h2-7,9,11H,8,10,12H2,1H3. The second kappa shape index (κ2) is 6.81. The number of benzene rings is 1. The van der Waals surface area contributed by atoms with Gasteiger partial charge in [-0.25, -0.2) is 0 Å². The fourth-order valence-electron chi connectivity index (χ4n) is 1.79. The number of Topliss-reactive ketones (excluding diaryl/α,β-unsaturated/α-hetero) is 1. The zero-order valence-corrected chi connectivity index (χ0v) is 11.0. The number of rotatable bonds is 6. The molecule has 2 rings (SSSR count). The number of ether oxygens (including phenoxy) is 1. The summed E-state index contributed by atoms with van der Waals surface area (Å²) in [5, 5.41) is 0. The molecular formula is C16H17NO2. The molecule has 19 heavy (non-hydrogen) atoms. The molecule has 0 bridgehead atoms. The van der Waals surface area contributed by atoms with Gasteiger partial charge >= 0.3 is 0 Å². The van der Waals surface area contributed by atoms with Crippen molar-refractivity contribution >= 4 is 5.78 Å². The molecule has 0 fully saturated rings. The third-order valence-electron chi connectivity index (χ3n) is 2.80. The third kappa shape index (κ3) is 4.30. The molecule has 0 aliphatic rings. The smallest absolute Gasteiger partial charge is 0.188 e. The highest BCUT2D eigenvalue weighted by Crippen LogP contribution is 2.05. The molecule has 0 unspecified atom stereocenters. The van der Waals surface area contributed by atoms with Gasteiger partial charge < -0.3 is 4.74 Å². The Morgan fingerprint density at radius 2 is 2.11 bits per heavy atom. The summed E-state index contributed by atoms with van der Waals surface area (Å²) >= 11 is 0. The normalized spacial score (nSPS) is 10.4. The van der Waals surface area contributed by atoms with E-state index in [1.165, 1.54) is 0 Å². The number of hydrogen-bond donors (Lipinski definition) is 0.